The fourth-order valence-electron chi connectivity index (χ4n) is 2.26. The van der Waals surface area contributed by atoms with Crippen molar-refractivity contribution in [2.24, 2.45) is 0 Å². The van der Waals surface area contributed by atoms with Crippen LogP contribution in [0.15, 0.2) is 18.2 Å². The second-order valence-corrected chi connectivity index (χ2v) is 5.04. The molecule has 1 fully saturated rings. The van der Waals surface area contributed by atoms with Crippen molar-refractivity contribution in [2.45, 2.75) is 19.3 Å². The molecule has 1 aliphatic rings. The van der Waals surface area contributed by atoms with Crippen LogP contribution in [0.5, 0.6) is 0 Å². The van der Waals surface area contributed by atoms with E-state index in [0.717, 1.165) is 25.2 Å². The minimum Gasteiger partial charge on any atom is -0.384 e. The third-order valence-corrected chi connectivity index (χ3v) is 3.59. The van der Waals surface area contributed by atoms with E-state index in [0.29, 0.717) is 10.6 Å². The molecule has 1 N–H and O–H groups in total. The van der Waals surface area contributed by atoms with Crippen molar-refractivity contribution in [3.05, 3.63) is 28.8 Å². The Balaban J connectivity index is 1.77. The maximum Gasteiger partial charge on any atom is 0.0992 e. The number of nitrogens with one attached hydrogen (secondary N) is 1. The van der Waals surface area contributed by atoms with E-state index >= 15 is 0 Å². The first-order chi connectivity index (χ1) is 8.79. The largest absolute Gasteiger partial charge is 0.384 e. The summed E-state index contributed by atoms with van der Waals surface area (Å²) < 4.78 is 0. The van der Waals surface area contributed by atoms with E-state index in [1.54, 1.807) is 18.2 Å². The minimum atomic E-state index is 0.640. The molecule has 0 aliphatic carbocycles. The molecule has 1 aromatic carbocycles. The lowest BCUT2D eigenvalue weighted by atomic mass is 10.2. The topological polar surface area (TPSA) is 39.1 Å². The van der Waals surface area contributed by atoms with Crippen LogP contribution in [0.2, 0.25) is 5.02 Å². The summed E-state index contributed by atoms with van der Waals surface area (Å²) in [6.45, 7) is 4.52. The first-order valence-corrected chi connectivity index (χ1v) is 6.83. The lowest BCUT2D eigenvalue weighted by Gasteiger charge is -2.15. The molecule has 0 bridgehead atoms. The first kappa shape index (κ1) is 13.2. The molecule has 0 unspecified atom stereocenters. The Hall–Kier alpha value is -1.24. The van der Waals surface area contributed by atoms with Gasteiger partial charge in [0, 0.05) is 6.54 Å². The fraction of sp³-hybridized carbons (Fsp3) is 0.500. The maximum absolute atomic E-state index is 8.84. The molecule has 4 heteroatoms. The second-order valence-electron chi connectivity index (χ2n) is 4.64. The molecule has 2 rings (SSSR count). The summed E-state index contributed by atoms with van der Waals surface area (Å²) in [6.07, 6.45) is 3.78. The molecular formula is C14H18ClN3. The van der Waals surface area contributed by atoms with Crippen LogP contribution in [0.3, 0.4) is 0 Å². The molecule has 1 aliphatic heterocycles. The minimum absolute atomic E-state index is 0.640. The molecule has 3 nitrogen and oxygen atoms in total. The molecule has 0 spiro atoms. The Labute approximate surface area is 113 Å². The van der Waals surface area contributed by atoms with Crippen molar-refractivity contribution >= 4 is 17.3 Å². The molecule has 18 heavy (non-hydrogen) atoms. The molecule has 0 saturated carbocycles. The van der Waals surface area contributed by atoms with Crippen LogP contribution in [0.4, 0.5) is 5.69 Å². The zero-order valence-electron chi connectivity index (χ0n) is 10.5. The van der Waals surface area contributed by atoms with E-state index < -0.39 is 0 Å². The van der Waals surface area contributed by atoms with Gasteiger partial charge in [0.2, 0.25) is 0 Å². The monoisotopic (exact) mass is 263 g/mol. The highest BCUT2D eigenvalue weighted by Crippen LogP contribution is 2.22. The van der Waals surface area contributed by atoms with Crippen LogP contribution in [0.25, 0.3) is 0 Å². The molecule has 0 amide bonds. The molecule has 0 aromatic heterocycles. The second kappa shape index (κ2) is 6.63. The number of nitrogens with zero attached hydrogens (tertiary/aromatic N) is 2. The Morgan fingerprint density at radius 1 is 1.33 bits per heavy atom. The van der Waals surface area contributed by atoms with E-state index in [2.05, 4.69) is 16.3 Å². The summed E-state index contributed by atoms with van der Waals surface area (Å²) >= 11 is 6.08. The van der Waals surface area contributed by atoms with Crippen LogP contribution in [0.1, 0.15) is 24.8 Å². The van der Waals surface area contributed by atoms with E-state index in [-0.39, 0.29) is 0 Å². The highest BCUT2D eigenvalue weighted by atomic mass is 35.5. The van der Waals surface area contributed by atoms with Gasteiger partial charge in [-0.05, 0) is 57.1 Å². The highest BCUT2D eigenvalue weighted by Gasteiger charge is 2.10. The summed E-state index contributed by atoms with van der Waals surface area (Å²) in [7, 11) is 0. The Bertz CT molecular complexity index is 433. The summed E-state index contributed by atoms with van der Waals surface area (Å²) in [6, 6.07) is 7.43. The van der Waals surface area contributed by atoms with Crippen LogP contribution in [-0.2, 0) is 0 Å². The van der Waals surface area contributed by atoms with E-state index in [9.17, 15) is 0 Å². The van der Waals surface area contributed by atoms with Gasteiger partial charge in [0.05, 0.1) is 22.3 Å². The molecule has 0 atom stereocenters. The van der Waals surface area contributed by atoms with Crippen LogP contribution in [-0.4, -0.2) is 31.1 Å². The molecule has 1 heterocycles. The summed E-state index contributed by atoms with van der Waals surface area (Å²) in [5, 5.41) is 12.8. The van der Waals surface area contributed by atoms with Gasteiger partial charge >= 0.3 is 0 Å². The van der Waals surface area contributed by atoms with Crippen LogP contribution < -0.4 is 5.32 Å². The van der Waals surface area contributed by atoms with Gasteiger partial charge < -0.3 is 10.2 Å². The Kier molecular flexibility index (Phi) is 4.86. The lowest BCUT2D eigenvalue weighted by Crippen LogP contribution is -2.22. The predicted molar refractivity (Wildman–Crippen MR) is 74.9 cm³/mol. The zero-order chi connectivity index (χ0) is 12.8. The van der Waals surface area contributed by atoms with Crippen LogP contribution >= 0.6 is 11.6 Å². The van der Waals surface area contributed by atoms with E-state index in [4.69, 9.17) is 16.9 Å². The van der Waals surface area contributed by atoms with Gasteiger partial charge in [-0.1, -0.05) is 11.6 Å². The smallest absolute Gasteiger partial charge is 0.0992 e. The van der Waals surface area contributed by atoms with Crippen molar-refractivity contribution in [1.29, 1.82) is 5.26 Å². The highest BCUT2D eigenvalue weighted by molar-refractivity contribution is 6.33. The number of hydrogen-bond acceptors (Lipinski definition) is 3. The van der Waals surface area contributed by atoms with Gasteiger partial charge in [0.1, 0.15) is 0 Å². The first-order valence-electron chi connectivity index (χ1n) is 6.45. The van der Waals surface area contributed by atoms with Crippen molar-refractivity contribution in [3.63, 3.8) is 0 Å². The number of nitriles is 1. The van der Waals surface area contributed by atoms with Gasteiger partial charge in [-0.2, -0.15) is 5.26 Å². The Morgan fingerprint density at radius 2 is 2.11 bits per heavy atom. The average molecular weight is 264 g/mol. The molecule has 96 valence electrons. The van der Waals surface area contributed by atoms with Crippen molar-refractivity contribution in [2.75, 3.05) is 31.5 Å². The number of rotatable bonds is 5. The van der Waals surface area contributed by atoms with Crippen LogP contribution in [0, 0.1) is 11.3 Å². The molecule has 0 radical (unpaired) electrons. The van der Waals surface area contributed by atoms with Gasteiger partial charge in [-0.15, -0.1) is 0 Å². The van der Waals surface area contributed by atoms with Gasteiger partial charge in [-0.25, -0.2) is 0 Å². The van der Waals surface area contributed by atoms with E-state index in [1.807, 2.05) is 0 Å². The SMILES string of the molecule is N#Cc1ccc(Cl)c(NCCCN2CCCC2)c1. The summed E-state index contributed by atoms with van der Waals surface area (Å²) in [5.74, 6) is 0. The fourth-order valence-corrected chi connectivity index (χ4v) is 2.45. The molecular weight excluding hydrogens is 246 g/mol. The maximum atomic E-state index is 8.84. The third kappa shape index (κ3) is 3.63. The average Bonchev–Trinajstić information content (AvgIpc) is 2.89. The van der Waals surface area contributed by atoms with Crippen molar-refractivity contribution in [3.8, 4) is 6.07 Å². The Morgan fingerprint density at radius 3 is 2.83 bits per heavy atom. The number of halogens is 1. The normalized spacial score (nSPS) is 15.6. The van der Waals surface area contributed by atoms with Gasteiger partial charge in [0.25, 0.3) is 0 Å². The molecule has 1 aromatic rings. The standard InChI is InChI=1S/C14H18ClN3/c15-13-5-4-12(11-16)10-14(13)17-6-3-9-18-7-1-2-8-18/h4-5,10,17H,1-3,6-9H2. The third-order valence-electron chi connectivity index (χ3n) is 3.26. The van der Waals surface area contributed by atoms with Crippen molar-refractivity contribution < 1.29 is 0 Å². The van der Waals surface area contributed by atoms with Gasteiger partial charge in [0.15, 0.2) is 0 Å². The van der Waals surface area contributed by atoms with E-state index in [1.165, 1.54) is 25.9 Å². The number of benzene rings is 1. The number of hydrogen-bond donors (Lipinski definition) is 1. The zero-order valence-corrected chi connectivity index (χ0v) is 11.2. The summed E-state index contributed by atoms with van der Waals surface area (Å²) in [4.78, 5) is 2.50. The summed E-state index contributed by atoms with van der Waals surface area (Å²) in [5.41, 5.74) is 1.50. The predicted octanol–water partition coefficient (Wildman–Crippen LogP) is 3.11. The lowest BCUT2D eigenvalue weighted by molar-refractivity contribution is 0.337. The number of likely N-dealkylation sites (tertiary alicyclic amines) is 1. The van der Waals surface area contributed by atoms with Crippen molar-refractivity contribution in [1.82, 2.24) is 4.90 Å². The molecule has 1 saturated heterocycles. The van der Waals surface area contributed by atoms with Gasteiger partial charge in [-0.3, -0.25) is 0 Å². The quantitative estimate of drug-likeness (QED) is 0.830. The number of anilines is 1.